The molecule has 0 aromatic heterocycles. The van der Waals surface area contributed by atoms with Crippen LogP contribution in [0.25, 0.3) is 0 Å². The molecule has 0 unspecified atom stereocenters. The minimum Gasteiger partial charge on any atom is -0.295 e. The molecule has 1 saturated heterocycles. The fourth-order valence-electron chi connectivity index (χ4n) is 2.47. The second kappa shape index (κ2) is 6.68. The zero-order valence-electron chi connectivity index (χ0n) is 13.1. The molecule has 23 heavy (non-hydrogen) atoms. The number of carbonyl (C=O) groups is 1. The molecule has 9 heteroatoms. The maximum atomic E-state index is 12.7. The SMILES string of the molecule is CC(=O)c1cccc(S(=O)(=O)N2CCCN(S(C)(=O)=O)CC2)c1. The molecule has 0 radical (unpaired) electrons. The minimum absolute atomic E-state index is 0.0537. The quantitative estimate of drug-likeness (QED) is 0.731. The first-order valence-corrected chi connectivity index (χ1v) is 10.5. The van der Waals surface area contributed by atoms with Gasteiger partial charge in [0.2, 0.25) is 20.0 Å². The van der Waals surface area contributed by atoms with Crippen molar-refractivity contribution in [1.82, 2.24) is 8.61 Å². The summed E-state index contributed by atoms with van der Waals surface area (Å²) >= 11 is 0. The van der Waals surface area contributed by atoms with Crippen LogP contribution in [0.3, 0.4) is 0 Å². The van der Waals surface area contributed by atoms with Crippen molar-refractivity contribution in [2.24, 2.45) is 0 Å². The normalized spacial score (nSPS) is 18.5. The van der Waals surface area contributed by atoms with E-state index in [2.05, 4.69) is 0 Å². The van der Waals surface area contributed by atoms with E-state index in [4.69, 9.17) is 0 Å². The molecule has 0 bridgehead atoms. The van der Waals surface area contributed by atoms with Crippen LogP contribution in [0.1, 0.15) is 23.7 Å². The van der Waals surface area contributed by atoms with Crippen LogP contribution in [0.15, 0.2) is 29.2 Å². The highest BCUT2D eigenvalue weighted by molar-refractivity contribution is 7.89. The molecule has 0 spiro atoms. The van der Waals surface area contributed by atoms with Crippen LogP contribution in [-0.4, -0.2) is 63.7 Å². The average Bonchev–Trinajstić information content (AvgIpc) is 2.73. The fraction of sp³-hybridized carbons (Fsp3) is 0.500. The van der Waals surface area contributed by atoms with Crippen LogP contribution >= 0.6 is 0 Å². The summed E-state index contributed by atoms with van der Waals surface area (Å²) in [5.74, 6) is -0.207. The van der Waals surface area contributed by atoms with E-state index in [0.29, 0.717) is 18.5 Å². The van der Waals surface area contributed by atoms with Crippen molar-refractivity contribution in [3.63, 3.8) is 0 Å². The zero-order chi connectivity index (χ0) is 17.3. The third kappa shape index (κ3) is 4.17. The van der Waals surface area contributed by atoms with Crippen LogP contribution in [0.5, 0.6) is 0 Å². The highest BCUT2D eigenvalue weighted by Gasteiger charge is 2.29. The van der Waals surface area contributed by atoms with Crippen LogP contribution < -0.4 is 0 Å². The molecule has 7 nitrogen and oxygen atoms in total. The number of ketones is 1. The Hall–Kier alpha value is -1.29. The van der Waals surface area contributed by atoms with Gasteiger partial charge in [0, 0.05) is 31.7 Å². The van der Waals surface area contributed by atoms with Crippen molar-refractivity contribution in [2.75, 3.05) is 32.4 Å². The standard InChI is InChI=1S/C14H20N2O5S2/c1-12(17)13-5-3-6-14(11-13)23(20,21)16-8-4-7-15(9-10-16)22(2,18)19/h3,5-6,11H,4,7-10H2,1-2H3. The molecule has 1 fully saturated rings. The van der Waals surface area contributed by atoms with Gasteiger partial charge < -0.3 is 0 Å². The van der Waals surface area contributed by atoms with Gasteiger partial charge in [0.05, 0.1) is 11.2 Å². The van der Waals surface area contributed by atoms with E-state index in [0.717, 1.165) is 6.26 Å². The lowest BCUT2D eigenvalue weighted by atomic mass is 10.2. The Morgan fingerprint density at radius 3 is 2.22 bits per heavy atom. The predicted molar refractivity (Wildman–Crippen MR) is 86.2 cm³/mol. The van der Waals surface area contributed by atoms with Gasteiger partial charge in [-0.2, -0.15) is 4.31 Å². The van der Waals surface area contributed by atoms with Gasteiger partial charge in [0.1, 0.15) is 0 Å². The van der Waals surface area contributed by atoms with E-state index < -0.39 is 20.0 Å². The summed E-state index contributed by atoms with van der Waals surface area (Å²) in [7, 11) is -7.08. The molecular weight excluding hydrogens is 340 g/mol. The van der Waals surface area contributed by atoms with Gasteiger partial charge in [0.25, 0.3) is 0 Å². The van der Waals surface area contributed by atoms with Crippen LogP contribution in [0.4, 0.5) is 0 Å². The molecule has 128 valence electrons. The van der Waals surface area contributed by atoms with Crippen LogP contribution in [0.2, 0.25) is 0 Å². The third-order valence-corrected chi connectivity index (χ3v) is 6.96. The van der Waals surface area contributed by atoms with Gasteiger partial charge in [-0.05, 0) is 25.5 Å². The number of rotatable bonds is 4. The fourth-order valence-corrected chi connectivity index (χ4v) is 4.86. The number of carbonyl (C=O) groups excluding carboxylic acids is 1. The van der Waals surface area contributed by atoms with Crippen molar-refractivity contribution in [3.05, 3.63) is 29.8 Å². The summed E-state index contributed by atoms with van der Waals surface area (Å²) in [4.78, 5) is 11.5. The van der Waals surface area contributed by atoms with Crippen LogP contribution in [0, 0.1) is 0 Å². The molecule has 0 N–H and O–H groups in total. The lowest BCUT2D eigenvalue weighted by Crippen LogP contribution is -2.37. The van der Waals surface area contributed by atoms with E-state index in [1.165, 1.54) is 33.7 Å². The first kappa shape index (κ1) is 18.1. The number of benzene rings is 1. The van der Waals surface area contributed by atoms with Gasteiger partial charge in [0.15, 0.2) is 5.78 Å². The third-order valence-electron chi connectivity index (χ3n) is 3.76. The molecule has 1 aliphatic heterocycles. The Morgan fingerprint density at radius 1 is 1.00 bits per heavy atom. The second-order valence-corrected chi connectivity index (χ2v) is 9.42. The molecule has 1 aromatic carbocycles. The number of hydrogen-bond donors (Lipinski definition) is 0. The first-order chi connectivity index (χ1) is 10.6. The van der Waals surface area contributed by atoms with Crippen molar-refractivity contribution in [3.8, 4) is 0 Å². The maximum absolute atomic E-state index is 12.7. The van der Waals surface area contributed by atoms with Gasteiger partial charge in [-0.1, -0.05) is 12.1 Å². The summed E-state index contributed by atoms with van der Waals surface area (Å²) in [6.45, 7) is 2.16. The molecule has 1 aliphatic rings. The highest BCUT2D eigenvalue weighted by Crippen LogP contribution is 2.19. The molecule has 2 rings (SSSR count). The van der Waals surface area contributed by atoms with Crippen molar-refractivity contribution < 1.29 is 21.6 Å². The predicted octanol–water partition coefficient (Wildman–Crippen LogP) is 0.545. The Morgan fingerprint density at radius 2 is 1.61 bits per heavy atom. The Labute approximate surface area is 137 Å². The molecule has 1 aromatic rings. The smallest absolute Gasteiger partial charge is 0.243 e. The number of Topliss-reactive ketones (excluding diaryl/α,β-unsaturated/α-hetero) is 1. The molecule has 0 atom stereocenters. The Bertz CT molecular complexity index is 802. The van der Waals surface area contributed by atoms with E-state index >= 15 is 0 Å². The number of nitrogens with zero attached hydrogens (tertiary/aromatic N) is 2. The van der Waals surface area contributed by atoms with Crippen LogP contribution in [-0.2, 0) is 20.0 Å². The Kier molecular flexibility index (Phi) is 5.24. The van der Waals surface area contributed by atoms with Gasteiger partial charge in [-0.25, -0.2) is 21.1 Å². The lowest BCUT2D eigenvalue weighted by molar-refractivity contribution is 0.101. The highest BCUT2D eigenvalue weighted by atomic mass is 32.2. The summed E-state index contributed by atoms with van der Waals surface area (Å²) in [6, 6.07) is 5.90. The van der Waals surface area contributed by atoms with E-state index in [1.54, 1.807) is 6.07 Å². The molecule has 1 heterocycles. The summed E-state index contributed by atoms with van der Waals surface area (Å²) in [5.41, 5.74) is 0.332. The zero-order valence-corrected chi connectivity index (χ0v) is 14.7. The van der Waals surface area contributed by atoms with Gasteiger partial charge in [-0.3, -0.25) is 4.79 Å². The molecule has 0 amide bonds. The molecule has 0 saturated carbocycles. The summed E-state index contributed by atoms with van der Waals surface area (Å²) in [5, 5.41) is 0. The van der Waals surface area contributed by atoms with Gasteiger partial charge in [-0.15, -0.1) is 0 Å². The molecule has 0 aliphatic carbocycles. The summed E-state index contributed by atoms with van der Waals surface area (Å²) < 4.78 is 51.2. The van der Waals surface area contributed by atoms with Crippen molar-refractivity contribution >= 4 is 25.8 Å². The number of sulfonamides is 2. The topological polar surface area (TPSA) is 91.8 Å². The molecular formula is C14H20N2O5S2. The first-order valence-electron chi connectivity index (χ1n) is 7.18. The van der Waals surface area contributed by atoms with E-state index in [1.807, 2.05) is 0 Å². The minimum atomic E-state index is -3.75. The second-order valence-electron chi connectivity index (χ2n) is 5.50. The monoisotopic (exact) mass is 360 g/mol. The number of hydrogen-bond acceptors (Lipinski definition) is 5. The summed E-state index contributed by atoms with van der Waals surface area (Å²) in [6.07, 6.45) is 1.55. The average molecular weight is 360 g/mol. The van der Waals surface area contributed by atoms with E-state index in [9.17, 15) is 21.6 Å². The van der Waals surface area contributed by atoms with Crippen molar-refractivity contribution in [1.29, 1.82) is 0 Å². The Balaban J connectivity index is 2.26. The van der Waals surface area contributed by atoms with E-state index in [-0.39, 0.29) is 30.3 Å². The lowest BCUT2D eigenvalue weighted by Gasteiger charge is -2.21. The maximum Gasteiger partial charge on any atom is 0.243 e. The van der Waals surface area contributed by atoms with Gasteiger partial charge >= 0.3 is 0 Å². The largest absolute Gasteiger partial charge is 0.295 e. The van der Waals surface area contributed by atoms with Crippen molar-refractivity contribution in [2.45, 2.75) is 18.2 Å².